The minimum atomic E-state index is 0.132. The lowest BCUT2D eigenvalue weighted by molar-refractivity contribution is 0.186. The quantitative estimate of drug-likeness (QED) is 0.724. The second-order valence-corrected chi connectivity index (χ2v) is 7.08. The first-order valence-electron chi connectivity index (χ1n) is 8.84. The van der Waals surface area contributed by atoms with Crippen LogP contribution in [0.3, 0.4) is 0 Å². The summed E-state index contributed by atoms with van der Waals surface area (Å²) in [7, 11) is 0. The molecule has 0 amide bonds. The van der Waals surface area contributed by atoms with Crippen molar-refractivity contribution < 1.29 is 4.42 Å². The van der Waals surface area contributed by atoms with Crippen LogP contribution in [0.2, 0.25) is 0 Å². The molecule has 2 aromatic rings. The average molecular weight is 343 g/mol. The molecule has 1 aromatic heterocycles. The Labute approximate surface area is 150 Å². The number of hydrogen-bond acceptors (Lipinski definition) is 2. The van der Waals surface area contributed by atoms with Crippen LogP contribution in [0.25, 0.3) is 0 Å². The third-order valence-corrected chi connectivity index (χ3v) is 5.16. The van der Waals surface area contributed by atoms with Crippen LogP contribution in [0, 0.1) is 6.92 Å². The fourth-order valence-electron chi connectivity index (χ4n) is 3.59. The molecule has 0 spiro atoms. The molecule has 0 unspecified atom stereocenters. The Kier molecular flexibility index (Phi) is 5.56. The van der Waals surface area contributed by atoms with E-state index >= 15 is 0 Å². The summed E-state index contributed by atoms with van der Waals surface area (Å²) in [6.45, 7) is 4.27. The van der Waals surface area contributed by atoms with E-state index in [0.29, 0.717) is 6.04 Å². The molecule has 3 nitrogen and oxygen atoms in total. The Morgan fingerprint density at radius 2 is 2.00 bits per heavy atom. The fraction of sp³-hybridized carbons (Fsp3) is 0.450. The van der Waals surface area contributed by atoms with E-state index in [1.165, 1.54) is 37.7 Å². The molecule has 0 bridgehead atoms. The van der Waals surface area contributed by atoms with E-state index in [9.17, 15) is 0 Å². The van der Waals surface area contributed by atoms with E-state index in [1.54, 1.807) is 6.26 Å². The summed E-state index contributed by atoms with van der Waals surface area (Å²) in [6, 6.07) is 12.9. The number of nitrogens with zero attached hydrogens (tertiary/aromatic N) is 1. The normalized spacial score (nSPS) is 16.6. The molecular weight excluding hydrogens is 316 g/mol. The monoisotopic (exact) mass is 342 g/mol. The van der Waals surface area contributed by atoms with Gasteiger partial charge in [0.15, 0.2) is 5.11 Å². The van der Waals surface area contributed by atoms with Crippen molar-refractivity contribution in [2.45, 2.75) is 58.0 Å². The SMILES string of the molecule is Cc1cccc(NC(=S)N(C2CCCCC2)[C@H](C)c2ccco2)c1. The van der Waals surface area contributed by atoms with E-state index in [0.717, 1.165) is 16.6 Å². The van der Waals surface area contributed by atoms with Crippen LogP contribution in [0.15, 0.2) is 47.1 Å². The molecule has 1 saturated carbocycles. The van der Waals surface area contributed by atoms with Crippen molar-refractivity contribution in [3.63, 3.8) is 0 Å². The Bertz CT molecular complexity index is 662. The largest absolute Gasteiger partial charge is 0.467 e. The molecule has 3 rings (SSSR count). The van der Waals surface area contributed by atoms with Gasteiger partial charge in [0.1, 0.15) is 5.76 Å². The topological polar surface area (TPSA) is 28.4 Å². The van der Waals surface area contributed by atoms with Crippen LogP contribution in [-0.2, 0) is 0 Å². The average Bonchev–Trinajstić information content (AvgIpc) is 3.10. The molecule has 4 heteroatoms. The Balaban J connectivity index is 1.81. The lowest BCUT2D eigenvalue weighted by atomic mass is 9.93. The number of furan rings is 1. The van der Waals surface area contributed by atoms with Crippen molar-refractivity contribution in [1.29, 1.82) is 0 Å². The lowest BCUT2D eigenvalue weighted by Gasteiger charge is -2.39. The molecule has 1 aliphatic carbocycles. The van der Waals surface area contributed by atoms with Crippen molar-refractivity contribution in [1.82, 2.24) is 4.90 Å². The predicted molar refractivity (Wildman–Crippen MR) is 103 cm³/mol. The maximum atomic E-state index is 5.80. The molecule has 0 saturated heterocycles. The first-order valence-corrected chi connectivity index (χ1v) is 9.25. The highest BCUT2D eigenvalue weighted by Gasteiger charge is 2.29. The number of thiocarbonyl (C=S) groups is 1. The maximum Gasteiger partial charge on any atom is 0.174 e. The molecule has 1 aromatic carbocycles. The highest BCUT2D eigenvalue weighted by Crippen LogP contribution is 2.31. The minimum absolute atomic E-state index is 0.132. The van der Waals surface area contributed by atoms with Crippen LogP contribution in [0.1, 0.15) is 56.4 Å². The van der Waals surface area contributed by atoms with Gasteiger partial charge in [0.05, 0.1) is 12.3 Å². The summed E-state index contributed by atoms with van der Waals surface area (Å²) < 4.78 is 5.66. The number of nitrogens with one attached hydrogen (secondary N) is 1. The van der Waals surface area contributed by atoms with E-state index in [1.807, 2.05) is 12.1 Å². The summed E-state index contributed by atoms with van der Waals surface area (Å²) in [5, 5.41) is 4.23. The Morgan fingerprint density at radius 3 is 2.67 bits per heavy atom. The van der Waals surface area contributed by atoms with Gasteiger partial charge in [-0.2, -0.15) is 0 Å². The zero-order chi connectivity index (χ0) is 16.9. The zero-order valence-corrected chi connectivity index (χ0v) is 15.3. The Morgan fingerprint density at radius 1 is 1.21 bits per heavy atom. The predicted octanol–water partition coefficient (Wildman–Crippen LogP) is 5.68. The summed E-state index contributed by atoms with van der Waals surface area (Å²) in [5.41, 5.74) is 2.28. The zero-order valence-electron chi connectivity index (χ0n) is 14.5. The smallest absolute Gasteiger partial charge is 0.174 e. The minimum Gasteiger partial charge on any atom is -0.467 e. The molecule has 1 aliphatic rings. The number of rotatable bonds is 4. The van der Waals surface area contributed by atoms with E-state index in [2.05, 4.69) is 48.3 Å². The van der Waals surface area contributed by atoms with E-state index in [4.69, 9.17) is 16.6 Å². The van der Waals surface area contributed by atoms with Crippen LogP contribution in [-0.4, -0.2) is 16.1 Å². The van der Waals surface area contributed by atoms with E-state index < -0.39 is 0 Å². The first-order chi connectivity index (χ1) is 11.6. The molecule has 1 fully saturated rings. The summed E-state index contributed by atoms with van der Waals surface area (Å²) >= 11 is 5.80. The maximum absolute atomic E-state index is 5.80. The molecule has 128 valence electrons. The molecule has 24 heavy (non-hydrogen) atoms. The number of benzene rings is 1. The molecule has 1 heterocycles. The van der Waals surface area contributed by atoms with Crippen molar-refractivity contribution >= 4 is 23.0 Å². The Hall–Kier alpha value is -1.81. The van der Waals surface area contributed by atoms with Gasteiger partial charge in [0.2, 0.25) is 0 Å². The first kappa shape index (κ1) is 17.0. The second kappa shape index (κ2) is 7.84. The number of hydrogen-bond donors (Lipinski definition) is 1. The molecule has 1 N–H and O–H groups in total. The molecule has 0 aliphatic heterocycles. The van der Waals surface area contributed by atoms with Gasteiger partial charge in [-0.15, -0.1) is 0 Å². The third kappa shape index (κ3) is 3.99. The van der Waals surface area contributed by atoms with Gasteiger partial charge in [-0.05, 0) is 68.7 Å². The lowest BCUT2D eigenvalue weighted by Crippen LogP contribution is -2.45. The summed E-state index contributed by atoms with van der Waals surface area (Å²) in [4.78, 5) is 2.34. The van der Waals surface area contributed by atoms with Gasteiger partial charge in [0.25, 0.3) is 0 Å². The van der Waals surface area contributed by atoms with E-state index in [-0.39, 0.29) is 6.04 Å². The van der Waals surface area contributed by atoms with Crippen molar-refractivity contribution in [2.75, 3.05) is 5.32 Å². The van der Waals surface area contributed by atoms with Gasteiger partial charge < -0.3 is 14.6 Å². The number of anilines is 1. The molecule has 1 atom stereocenters. The van der Waals surface area contributed by atoms with Crippen LogP contribution >= 0.6 is 12.2 Å². The van der Waals surface area contributed by atoms with Gasteiger partial charge in [-0.3, -0.25) is 0 Å². The standard InChI is InChI=1S/C20H26N2OS/c1-15-8-6-9-17(14-15)21-20(24)22(18-10-4-3-5-11-18)16(2)19-12-7-13-23-19/h6-9,12-14,16,18H,3-5,10-11H2,1-2H3,(H,21,24)/t16-/m1/s1. The van der Waals surface area contributed by atoms with Crippen molar-refractivity contribution in [2.24, 2.45) is 0 Å². The van der Waals surface area contributed by atoms with Crippen molar-refractivity contribution in [3.8, 4) is 0 Å². The van der Waals surface area contributed by atoms with Gasteiger partial charge in [-0.1, -0.05) is 31.4 Å². The van der Waals surface area contributed by atoms with Gasteiger partial charge in [0, 0.05) is 11.7 Å². The third-order valence-electron chi connectivity index (χ3n) is 4.84. The van der Waals surface area contributed by atoms with Crippen LogP contribution < -0.4 is 5.32 Å². The van der Waals surface area contributed by atoms with Gasteiger partial charge >= 0.3 is 0 Å². The van der Waals surface area contributed by atoms with Crippen LogP contribution in [0.5, 0.6) is 0 Å². The highest BCUT2D eigenvalue weighted by atomic mass is 32.1. The fourth-order valence-corrected chi connectivity index (χ4v) is 4.02. The second-order valence-electron chi connectivity index (χ2n) is 6.69. The summed E-state index contributed by atoms with van der Waals surface area (Å²) in [5.74, 6) is 0.967. The number of aryl methyl sites for hydroxylation is 1. The highest BCUT2D eigenvalue weighted by molar-refractivity contribution is 7.80. The molecule has 0 radical (unpaired) electrons. The van der Waals surface area contributed by atoms with Crippen molar-refractivity contribution in [3.05, 3.63) is 54.0 Å². The van der Waals surface area contributed by atoms with Crippen LogP contribution in [0.4, 0.5) is 5.69 Å². The van der Waals surface area contributed by atoms with Gasteiger partial charge in [-0.25, -0.2) is 0 Å². The summed E-state index contributed by atoms with van der Waals surface area (Å²) in [6.07, 6.45) is 8.01. The molecular formula is C20H26N2OS.